The number of ether oxygens (including phenoxy) is 3. The van der Waals surface area contributed by atoms with Gasteiger partial charge >= 0.3 is 11.9 Å². The Hall–Kier alpha value is -2.12. The van der Waals surface area contributed by atoms with Crippen LogP contribution in [0.15, 0.2) is 24.3 Å². The highest BCUT2D eigenvalue weighted by Crippen LogP contribution is 2.21. The summed E-state index contributed by atoms with van der Waals surface area (Å²) in [6.45, 7) is 10.3. The van der Waals surface area contributed by atoms with Crippen molar-refractivity contribution in [3.05, 3.63) is 29.8 Å². The van der Waals surface area contributed by atoms with Crippen LogP contribution in [0.1, 0.15) is 46.6 Å². The van der Waals surface area contributed by atoms with E-state index in [2.05, 4.69) is 5.32 Å². The highest BCUT2D eigenvalue weighted by molar-refractivity contribution is 5.76. The second-order valence-electron chi connectivity index (χ2n) is 7.87. The largest absolute Gasteiger partial charge is 0.482 e. The molecule has 0 heterocycles. The van der Waals surface area contributed by atoms with Gasteiger partial charge in [0.25, 0.3) is 0 Å². The van der Waals surface area contributed by atoms with Crippen LogP contribution in [0.5, 0.6) is 5.75 Å². The van der Waals surface area contributed by atoms with Crippen molar-refractivity contribution in [3.8, 4) is 5.75 Å². The van der Waals surface area contributed by atoms with E-state index in [1.807, 2.05) is 26.8 Å². The summed E-state index contributed by atoms with van der Waals surface area (Å²) >= 11 is 0. The summed E-state index contributed by atoms with van der Waals surface area (Å²) in [6, 6.07) is 6.69. The quantitative estimate of drug-likeness (QED) is 0.512. The van der Waals surface area contributed by atoms with E-state index in [4.69, 9.17) is 14.2 Å². The number of esters is 2. The average Bonchev–Trinajstić information content (AvgIpc) is 2.65. The van der Waals surface area contributed by atoms with Gasteiger partial charge in [0.05, 0.1) is 19.3 Å². The zero-order valence-corrected chi connectivity index (χ0v) is 18.2. The van der Waals surface area contributed by atoms with Crippen molar-refractivity contribution in [2.75, 3.05) is 26.4 Å². The molecule has 1 rings (SSSR count). The number of aliphatic hydroxyl groups is 1. The number of hydrogen-bond acceptors (Lipinski definition) is 7. The van der Waals surface area contributed by atoms with E-state index in [0.717, 1.165) is 5.56 Å². The van der Waals surface area contributed by atoms with Gasteiger partial charge in [-0.3, -0.25) is 4.79 Å². The minimum atomic E-state index is -0.539. The van der Waals surface area contributed by atoms with Gasteiger partial charge in [-0.05, 0) is 56.3 Å². The fraction of sp³-hybridized carbons (Fsp3) is 0.636. The van der Waals surface area contributed by atoms with Crippen molar-refractivity contribution in [1.82, 2.24) is 5.32 Å². The molecule has 2 N–H and O–H groups in total. The Balaban J connectivity index is 2.71. The van der Waals surface area contributed by atoms with Crippen molar-refractivity contribution in [1.29, 1.82) is 0 Å². The van der Waals surface area contributed by atoms with Crippen LogP contribution in [0.3, 0.4) is 0 Å². The molecule has 1 aromatic rings. The van der Waals surface area contributed by atoms with Crippen LogP contribution in [0.2, 0.25) is 0 Å². The second kappa shape index (κ2) is 12.4. The van der Waals surface area contributed by atoms with Gasteiger partial charge in [0, 0.05) is 0 Å². The van der Waals surface area contributed by atoms with Crippen LogP contribution >= 0.6 is 0 Å². The number of hydrogen-bond donors (Lipinski definition) is 2. The van der Waals surface area contributed by atoms with Gasteiger partial charge in [0.2, 0.25) is 0 Å². The molecule has 0 spiro atoms. The summed E-state index contributed by atoms with van der Waals surface area (Å²) in [5, 5.41) is 13.4. The minimum absolute atomic E-state index is 0.165. The Kier molecular flexibility index (Phi) is 10.7. The van der Waals surface area contributed by atoms with Gasteiger partial charge in [-0.15, -0.1) is 0 Å². The van der Waals surface area contributed by atoms with Gasteiger partial charge in [0.1, 0.15) is 11.8 Å². The third kappa shape index (κ3) is 9.76. The fourth-order valence-corrected chi connectivity index (χ4v) is 2.65. The van der Waals surface area contributed by atoms with Gasteiger partial charge < -0.3 is 24.6 Å². The van der Waals surface area contributed by atoms with E-state index in [1.54, 1.807) is 32.0 Å². The molecule has 0 radical (unpaired) electrons. The number of aliphatic hydroxyl groups excluding tert-OH is 1. The van der Waals surface area contributed by atoms with E-state index in [9.17, 15) is 14.7 Å². The Bertz CT molecular complexity index is 640. The highest BCUT2D eigenvalue weighted by Gasteiger charge is 2.24. The van der Waals surface area contributed by atoms with Crippen molar-refractivity contribution in [2.24, 2.45) is 5.41 Å². The molecule has 0 bridgehead atoms. The van der Waals surface area contributed by atoms with E-state index >= 15 is 0 Å². The highest BCUT2D eigenvalue weighted by atomic mass is 16.6. The summed E-state index contributed by atoms with van der Waals surface area (Å²) in [6.07, 6.45) is 0.459. The van der Waals surface area contributed by atoms with Gasteiger partial charge in [-0.25, -0.2) is 4.79 Å². The number of nitrogens with one attached hydrogen (secondary N) is 1. The Labute approximate surface area is 173 Å². The normalized spacial score (nSPS) is 13.4. The molecule has 0 aliphatic rings. The zero-order valence-electron chi connectivity index (χ0n) is 18.2. The molecule has 0 aliphatic heterocycles. The fourth-order valence-electron chi connectivity index (χ4n) is 2.65. The zero-order chi connectivity index (χ0) is 21.9. The van der Waals surface area contributed by atoms with Crippen LogP contribution in [-0.2, 0) is 25.5 Å². The molecule has 1 aromatic carbocycles. The van der Waals surface area contributed by atoms with E-state index in [0.29, 0.717) is 38.3 Å². The first kappa shape index (κ1) is 24.9. The van der Waals surface area contributed by atoms with Crippen LogP contribution < -0.4 is 10.1 Å². The van der Waals surface area contributed by atoms with E-state index < -0.39 is 18.1 Å². The topological polar surface area (TPSA) is 94.1 Å². The predicted octanol–water partition coefficient (Wildman–Crippen LogP) is 2.49. The van der Waals surface area contributed by atoms with E-state index in [-0.39, 0.29) is 18.0 Å². The van der Waals surface area contributed by atoms with Crippen molar-refractivity contribution in [2.45, 2.75) is 59.6 Å². The number of rotatable bonds is 12. The molecule has 29 heavy (non-hydrogen) atoms. The number of carbonyl (C=O) groups is 2. The molecule has 7 heteroatoms. The van der Waals surface area contributed by atoms with Crippen LogP contribution in [-0.4, -0.2) is 55.6 Å². The van der Waals surface area contributed by atoms with E-state index in [1.165, 1.54) is 0 Å². The SMILES string of the molecule is CCOC(=O)COc1cccc(CC(NCCC(O)C(C)(C)C)C(=O)OCC)c1. The van der Waals surface area contributed by atoms with Crippen LogP contribution in [0.4, 0.5) is 0 Å². The molecule has 0 saturated heterocycles. The summed E-state index contributed by atoms with van der Waals surface area (Å²) < 4.78 is 15.5. The van der Waals surface area contributed by atoms with Crippen LogP contribution in [0.25, 0.3) is 0 Å². The summed E-state index contributed by atoms with van der Waals surface area (Å²) in [5.41, 5.74) is 0.652. The third-order valence-corrected chi connectivity index (χ3v) is 4.38. The first-order valence-electron chi connectivity index (χ1n) is 10.1. The van der Waals surface area contributed by atoms with Gasteiger partial charge in [0.15, 0.2) is 6.61 Å². The predicted molar refractivity (Wildman–Crippen MR) is 111 cm³/mol. The van der Waals surface area contributed by atoms with Gasteiger partial charge in [-0.2, -0.15) is 0 Å². The lowest BCUT2D eigenvalue weighted by atomic mass is 9.87. The lowest BCUT2D eigenvalue weighted by molar-refractivity contribution is -0.146. The Morgan fingerprint density at radius 3 is 2.45 bits per heavy atom. The van der Waals surface area contributed by atoms with Gasteiger partial charge in [-0.1, -0.05) is 32.9 Å². The molecular formula is C22H35NO6. The summed E-state index contributed by atoms with van der Waals surface area (Å²) in [4.78, 5) is 23.8. The first-order chi connectivity index (χ1) is 13.7. The smallest absolute Gasteiger partial charge is 0.344 e. The van der Waals surface area contributed by atoms with Crippen molar-refractivity contribution in [3.63, 3.8) is 0 Å². The maximum Gasteiger partial charge on any atom is 0.344 e. The molecular weight excluding hydrogens is 374 g/mol. The monoisotopic (exact) mass is 409 g/mol. The molecule has 2 atom stereocenters. The Morgan fingerprint density at radius 2 is 1.83 bits per heavy atom. The van der Waals surface area contributed by atoms with Crippen LogP contribution in [0, 0.1) is 5.41 Å². The lowest BCUT2D eigenvalue weighted by Gasteiger charge is -2.26. The second-order valence-corrected chi connectivity index (χ2v) is 7.87. The third-order valence-electron chi connectivity index (χ3n) is 4.38. The Morgan fingerprint density at radius 1 is 1.14 bits per heavy atom. The van der Waals surface area contributed by atoms with Crippen molar-refractivity contribution >= 4 is 11.9 Å². The molecule has 0 saturated carbocycles. The molecule has 164 valence electrons. The molecule has 0 amide bonds. The van der Waals surface area contributed by atoms with Crippen molar-refractivity contribution < 1.29 is 28.9 Å². The molecule has 2 unspecified atom stereocenters. The number of benzene rings is 1. The minimum Gasteiger partial charge on any atom is -0.482 e. The number of carbonyl (C=O) groups excluding carboxylic acids is 2. The summed E-state index contributed by atoms with van der Waals surface area (Å²) in [7, 11) is 0. The molecule has 0 aliphatic carbocycles. The average molecular weight is 410 g/mol. The maximum absolute atomic E-state index is 12.4. The molecule has 7 nitrogen and oxygen atoms in total. The maximum atomic E-state index is 12.4. The summed E-state index contributed by atoms with van der Waals surface area (Å²) in [5.74, 6) is -0.238. The molecule has 0 fully saturated rings. The first-order valence-corrected chi connectivity index (χ1v) is 10.1. The molecule has 0 aromatic heterocycles. The standard InChI is InChI=1S/C22H35NO6/c1-6-27-20(25)15-29-17-10-8-9-16(13-17)14-18(21(26)28-7-2)23-12-11-19(24)22(3,4)5/h8-10,13,18-19,23-24H,6-7,11-12,14-15H2,1-5H3. The lowest BCUT2D eigenvalue weighted by Crippen LogP contribution is -2.42.